The summed E-state index contributed by atoms with van der Waals surface area (Å²) < 4.78 is 0. The van der Waals surface area contributed by atoms with Gasteiger partial charge in [0.1, 0.15) is 0 Å². The van der Waals surface area contributed by atoms with Crippen LogP contribution in [-0.4, -0.2) is 30.6 Å². The Kier molecular flexibility index (Phi) is 8.20. The summed E-state index contributed by atoms with van der Waals surface area (Å²) in [6.45, 7) is 12.2. The lowest BCUT2D eigenvalue weighted by Gasteiger charge is -2.29. The fourth-order valence-corrected chi connectivity index (χ4v) is 1.87. The molecule has 0 saturated heterocycles. The highest BCUT2D eigenvalue weighted by molar-refractivity contribution is 4.69. The molecule has 0 fully saturated rings. The molecule has 2 nitrogen and oxygen atoms in total. The number of nitrogens with two attached hydrogens (primary N) is 1. The largest absolute Gasteiger partial charge is 0.330 e. The average Bonchev–Trinajstić information content (AvgIpc) is 2.15. The Morgan fingerprint density at radius 1 is 1.14 bits per heavy atom. The Bertz CT molecular complexity index is 123. The maximum absolute atomic E-state index is 5.78. The van der Waals surface area contributed by atoms with Gasteiger partial charge in [0.15, 0.2) is 0 Å². The Hall–Kier alpha value is -0.0800. The van der Waals surface area contributed by atoms with Gasteiger partial charge in [-0.1, -0.05) is 20.3 Å². The first kappa shape index (κ1) is 13.9. The van der Waals surface area contributed by atoms with Crippen molar-refractivity contribution >= 4 is 0 Å². The van der Waals surface area contributed by atoms with E-state index in [0.717, 1.165) is 6.54 Å². The van der Waals surface area contributed by atoms with Crippen molar-refractivity contribution in [3.05, 3.63) is 0 Å². The Balaban J connectivity index is 3.97. The van der Waals surface area contributed by atoms with Crippen LogP contribution in [0.1, 0.15) is 47.0 Å². The summed E-state index contributed by atoms with van der Waals surface area (Å²) in [6.07, 6.45) is 3.75. The van der Waals surface area contributed by atoms with E-state index in [4.69, 9.17) is 5.73 Å². The van der Waals surface area contributed by atoms with Gasteiger partial charge in [0.25, 0.3) is 0 Å². The third-order valence-electron chi connectivity index (χ3n) is 2.76. The van der Waals surface area contributed by atoms with Crippen molar-refractivity contribution in [2.45, 2.75) is 53.0 Å². The van der Waals surface area contributed by atoms with Gasteiger partial charge in [-0.15, -0.1) is 0 Å². The fourth-order valence-electron chi connectivity index (χ4n) is 1.87. The first-order chi connectivity index (χ1) is 6.65. The summed E-state index contributed by atoms with van der Waals surface area (Å²) in [7, 11) is 0. The number of nitrogens with zero attached hydrogens (tertiary/aromatic N) is 1. The van der Waals surface area contributed by atoms with Gasteiger partial charge in [-0.2, -0.15) is 0 Å². The summed E-state index contributed by atoms with van der Waals surface area (Å²) in [5.74, 6) is 0.689. The van der Waals surface area contributed by atoms with Gasteiger partial charge >= 0.3 is 0 Å². The Labute approximate surface area is 89.9 Å². The molecule has 0 aliphatic rings. The SMILES string of the molecule is CCCC(CN)CN(CCC)C(C)C. The third-order valence-corrected chi connectivity index (χ3v) is 2.76. The minimum absolute atomic E-state index is 0.654. The van der Waals surface area contributed by atoms with E-state index < -0.39 is 0 Å². The van der Waals surface area contributed by atoms with Crippen molar-refractivity contribution in [2.75, 3.05) is 19.6 Å². The Morgan fingerprint density at radius 2 is 1.79 bits per heavy atom. The Morgan fingerprint density at radius 3 is 2.14 bits per heavy atom. The van der Waals surface area contributed by atoms with Crippen molar-refractivity contribution in [1.29, 1.82) is 0 Å². The van der Waals surface area contributed by atoms with Crippen molar-refractivity contribution in [2.24, 2.45) is 11.7 Å². The standard InChI is InChI=1S/C12H28N2/c1-5-7-12(9-13)10-14(8-6-2)11(3)4/h11-12H,5-10,13H2,1-4H3. The molecule has 2 heteroatoms. The molecular weight excluding hydrogens is 172 g/mol. The molecule has 1 unspecified atom stereocenters. The zero-order valence-corrected chi connectivity index (χ0v) is 10.4. The molecule has 0 aliphatic carbocycles. The average molecular weight is 200 g/mol. The van der Waals surface area contributed by atoms with Crippen LogP contribution in [0, 0.1) is 5.92 Å². The molecule has 14 heavy (non-hydrogen) atoms. The van der Waals surface area contributed by atoms with E-state index in [0.29, 0.717) is 12.0 Å². The zero-order valence-electron chi connectivity index (χ0n) is 10.4. The van der Waals surface area contributed by atoms with E-state index in [2.05, 4.69) is 32.6 Å². The molecule has 0 amide bonds. The molecule has 2 N–H and O–H groups in total. The molecule has 0 heterocycles. The molecule has 0 spiro atoms. The van der Waals surface area contributed by atoms with Gasteiger partial charge in [0.05, 0.1) is 0 Å². The summed E-state index contributed by atoms with van der Waals surface area (Å²) in [5, 5.41) is 0. The van der Waals surface area contributed by atoms with Crippen molar-refractivity contribution in [3.63, 3.8) is 0 Å². The lowest BCUT2D eigenvalue weighted by atomic mass is 10.0. The van der Waals surface area contributed by atoms with Crippen LogP contribution < -0.4 is 5.73 Å². The molecule has 0 aromatic rings. The summed E-state index contributed by atoms with van der Waals surface area (Å²) in [6, 6.07) is 0.654. The smallest absolute Gasteiger partial charge is 0.00387 e. The minimum atomic E-state index is 0.654. The van der Waals surface area contributed by atoms with Crippen LogP contribution in [0.2, 0.25) is 0 Å². The lowest BCUT2D eigenvalue weighted by Crippen LogP contribution is -2.38. The molecule has 0 aromatic heterocycles. The fraction of sp³-hybridized carbons (Fsp3) is 1.00. The van der Waals surface area contributed by atoms with Gasteiger partial charge in [-0.3, -0.25) is 0 Å². The van der Waals surface area contributed by atoms with Crippen LogP contribution in [-0.2, 0) is 0 Å². The van der Waals surface area contributed by atoms with Gasteiger partial charge in [-0.05, 0) is 45.7 Å². The van der Waals surface area contributed by atoms with Crippen LogP contribution in [0.25, 0.3) is 0 Å². The van der Waals surface area contributed by atoms with Crippen molar-refractivity contribution in [3.8, 4) is 0 Å². The molecule has 0 aliphatic heterocycles. The second-order valence-corrected chi connectivity index (χ2v) is 4.48. The molecule has 0 aromatic carbocycles. The van der Waals surface area contributed by atoms with Crippen LogP contribution in [0.3, 0.4) is 0 Å². The predicted molar refractivity (Wildman–Crippen MR) is 64.5 cm³/mol. The van der Waals surface area contributed by atoms with Crippen molar-refractivity contribution < 1.29 is 0 Å². The van der Waals surface area contributed by atoms with Crippen LogP contribution >= 0.6 is 0 Å². The lowest BCUT2D eigenvalue weighted by molar-refractivity contribution is 0.184. The monoisotopic (exact) mass is 200 g/mol. The van der Waals surface area contributed by atoms with E-state index in [1.54, 1.807) is 0 Å². The van der Waals surface area contributed by atoms with E-state index in [1.807, 2.05) is 0 Å². The molecule has 0 bridgehead atoms. The summed E-state index contributed by atoms with van der Waals surface area (Å²) >= 11 is 0. The van der Waals surface area contributed by atoms with Gasteiger partial charge in [0.2, 0.25) is 0 Å². The second kappa shape index (κ2) is 8.25. The van der Waals surface area contributed by atoms with Gasteiger partial charge in [-0.25, -0.2) is 0 Å². The summed E-state index contributed by atoms with van der Waals surface area (Å²) in [4.78, 5) is 2.55. The molecule has 1 atom stereocenters. The molecular formula is C12H28N2. The quantitative estimate of drug-likeness (QED) is 0.652. The zero-order chi connectivity index (χ0) is 11.0. The van der Waals surface area contributed by atoms with Crippen LogP contribution in [0.5, 0.6) is 0 Å². The van der Waals surface area contributed by atoms with Gasteiger partial charge in [0, 0.05) is 12.6 Å². The third kappa shape index (κ3) is 5.61. The maximum atomic E-state index is 5.78. The van der Waals surface area contributed by atoms with Crippen LogP contribution in [0.15, 0.2) is 0 Å². The molecule has 0 rings (SSSR count). The first-order valence-corrected chi connectivity index (χ1v) is 6.09. The normalized spacial score (nSPS) is 13.9. The highest BCUT2D eigenvalue weighted by atomic mass is 15.1. The highest BCUT2D eigenvalue weighted by Crippen LogP contribution is 2.10. The summed E-state index contributed by atoms with van der Waals surface area (Å²) in [5.41, 5.74) is 5.78. The first-order valence-electron chi connectivity index (χ1n) is 6.09. The van der Waals surface area contributed by atoms with E-state index >= 15 is 0 Å². The number of hydrogen-bond acceptors (Lipinski definition) is 2. The highest BCUT2D eigenvalue weighted by Gasteiger charge is 2.13. The second-order valence-electron chi connectivity index (χ2n) is 4.48. The van der Waals surface area contributed by atoms with E-state index in [-0.39, 0.29) is 0 Å². The number of hydrogen-bond donors (Lipinski definition) is 1. The van der Waals surface area contributed by atoms with Crippen molar-refractivity contribution in [1.82, 2.24) is 4.90 Å². The molecule has 0 saturated carbocycles. The maximum Gasteiger partial charge on any atom is 0.00387 e. The van der Waals surface area contributed by atoms with Crippen LogP contribution in [0.4, 0.5) is 0 Å². The van der Waals surface area contributed by atoms with Gasteiger partial charge < -0.3 is 10.6 Å². The minimum Gasteiger partial charge on any atom is -0.330 e. The predicted octanol–water partition coefficient (Wildman–Crippen LogP) is 2.48. The number of rotatable bonds is 8. The van der Waals surface area contributed by atoms with E-state index in [9.17, 15) is 0 Å². The molecule has 86 valence electrons. The van der Waals surface area contributed by atoms with E-state index in [1.165, 1.54) is 32.4 Å². The topological polar surface area (TPSA) is 29.3 Å². The molecule has 0 radical (unpaired) electrons.